The Kier molecular flexibility index (Phi) is 2.16. The Labute approximate surface area is 98.3 Å². The minimum absolute atomic E-state index is 0.500. The maximum atomic E-state index is 10.0. The Morgan fingerprint density at radius 2 is 2.31 bits per heavy atom. The van der Waals surface area contributed by atoms with Gasteiger partial charge in [-0.05, 0) is 23.9 Å². The molecule has 0 unspecified atom stereocenters. The Bertz CT molecular complexity index is 516. The molecule has 0 aromatic carbocycles. The van der Waals surface area contributed by atoms with Crippen molar-refractivity contribution >= 4 is 27.2 Å². The first-order valence-electron chi connectivity index (χ1n) is 5.51. The van der Waals surface area contributed by atoms with Gasteiger partial charge in [0.25, 0.3) is 0 Å². The van der Waals surface area contributed by atoms with Crippen molar-refractivity contribution in [2.75, 3.05) is 18.0 Å². The van der Waals surface area contributed by atoms with Crippen molar-refractivity contribution in [3.63, 3.8) is 0 Å². The monoisotopic (exact) mass is 234 g/mol. The molecule has 2 aromatic heterocycles. The van der Waals surface area contributed by atoms with Crippen LogP contribution in [-0.4, -0.2) is 28.8 Å². The second-order valence-electron chi connectivity index (χ2n) is 4.40. The number of pyridine rings is 1. The van der Waals surface area contributed by atoms with Crippen LogP contribution in [0.4, 0.5) is 5.82 Å². The van der Waals surface area contributed by atoms with Crippen molar-refractivity contribution in [3.8, 4) is 0 Å². The fourth-order valence-electron chi connectivity index (χ4n) is 2.17. The molecular formula is C12H14N2OS. The van der Waals surface area contributed by atoms with E-state index in [1.165, 1.54) is 10.1 Å². The smallest absolute Gasteiger partial charge is 0.137 e. The van der Waals surface area contributed by atoms with Crippen LogP contribution in [0.2, 0.25) is 0 Å². The number of fused-ring (bicyclic) bond motifs is 1. The predicted molar refractivity (Wildman–Crippen MR) is 67.1 cm³/mol. The van der Waals surface area contributed by atoms with E-state index in [1.54, 1.807) is 11.3 Å². The van der Waals surface area contributed by atoms with Gasteiger partial charge in [-0.3, -0.25) is 0 Å². The standard InChI is InChI=1S/C12H14N2OS/c1-2-12(15)7-14(8-12)11-9-4-6-16-10(9)3-5-13-11/h3-6,15H,2,7-8H2,1H3. The van der Waals surface area contributed by atoms with Crippen LogP contribution in [0.25, 0.3) is 10.1 Å². The zero-order chi connectivity index (χ0) is 11.2. The van der Waals surface area contributed by atoms with Gasteiger partial charge in [-0.1, -0.05) is 6.92 Å². The molecule has 0 spiro atoms. The minimum Gasteiger partial charge on any atom is -0.386 e. The van der Waals surface area contributed by atoms with E-state index in [0.29, 0.717) is 13.1 Å². The average Bonchev–Trinajstić information content (AvgIpc) is 2.72. The molecule has 2 aromatic rings. The van der Waals surface area contributed by atoms with Crippen LogP contribution < -0.4 is 4.90 Å². The summed E-state index contributed by atoms with van der Waals surface area (Å²) in [5.41, 5.74) is -0.500. The molecule has 1 N–H and O–H groups in total. The van der Waals surface area contributed by atoms with E-state index < -0.39 is 5.60 Å². The van der Waals surface area contributed by atoms with Gasteiger partial charge in [-0.25, -0.2) is 4.98 Å². The number of rotatable bonds is 2. The Morgan fingerprint density at radius 3 is 3.06 bits per heavy atom. The molecule has 1 fully saturated rings. The number of aromatic nitrogens is 1. The highest BCUT2D eigenvalue weighted by Crippen LogP contribution is 2.34. The third-order valence-corrected chi connectivity index (χ3v) is 4.17. The van der Waals surface area contributed by atoms with Gasteiger partial charge < -0.3 is 10.0 Å². The molecule has 3 heterocycles. The number of anilines is 1. The first-order chi connectivity index (χ1) is 7.72. The van der Waals surface area contributed by atoms with Crippen LogP contribution in [0, 0.1) is 0 Å². The fourth-order valence-corrected chi connectivity index (χ4v) is 2.95. The van der Waals surface area contributed by atoms with E-state index in [9.17, 15) is 5.11 Å². The van der Waals surface area contributed by atoms with Crippen molar-refractivity contribution < 1.29 is 5.11 Å². The second kappa shape index (κ2) is 3.43. The van der Waals surface area contributed by atoms with E-state index in [-0.39, 0.29) is 0 Å². The maximum absolute atomic E-state index is 10.0. The van der Waals surface area contributed by atoms with Crippen LogP contribution in [0.15, 0.2) is 23.7 Å². The summed E-state index contributed by atoms with van der Waals surface area (Å²) in [6.07, 6.45) is 2.65. The Morgan fingerprint density at radius 1 is 1.50 bits per heavy atom. The van der Waals surface area contributed by atoms with Gasteiger partial charge in [-0.2, -0.15) is 0 Å². The molecule has 0 amide bonds. The van der Waals surface area contributed by atoms with Crippen LogP contribution in [0.1, 0.15) is 13.3 Å². The summed E-state index contributed by atoms with van der Waals surface area (Å²) in [4.78, 5) is 6.57. The first kappa shape index (κ1) is 10.1. The van der Waals surface area contributed by atoms with Gasteiger partial charge in [0.2, 0.25) is 0 Å². The quantitative estimate of drug-likeness (QED) is 0.866. The van der Waals surface area contributed by atoms with Gasteiger partial charge in [0.05, 0.1) is 5.60 Å². The number of hydrogen-bond donors (Lipinski definition) is 1. The van der Waals surface area contributed by atoms with Gasteiger partial charge in [-0.15, -0.1) is 11.3 Å². The highest BCUT2D eigenvalue weighted by atomic mass is 32.1. The maximum Gasteiger partial charge on any atom is 0.137 e. The third kappa shape index (κ3) is 1.41. The van der Waals surface area contributed by atoms with Crippen molar-refractivity contribution in [1.29, 1.82) is 0 Å². The molecule has 4 heteroatoms. The number of hydrogen-bond acceptors (Lipinski definition) is 4. The third-order valence-electron chi connectivity index (χ3n) is 3.29. The lowest BCUT2D eigenvalue weighted by atomic mass is 9.91. The van der Waals surface area contributed by atoms with E-state index in [0.717, 1.165) is 12.2 Å². The van der Waals surface area contributed by atoms with Crippen LogP contribution in [-0.2, 0) is 0 Å². The van der Waals surface area contributed by atoms with Crippen molar-refractivity contribution in [3.05, 3.63) is 23.7 Å². The number of β-amino-alcohol motifs (C(OH)–C–C–N with tert-alkyl or cyclic N) is 1. The lowest BCUT2D eigenvalue weighted by Gasteiger charge is -2.47. The zero-order valence-corrected chi connectivity index (χ0v) is 10.00. The van der Waals surface area contributed by atoms with Crippen molar-refractivity contribution in [2.45, 2.75) is 18.9 Å². The fraction of sp³-hybridized carbons (Fsp3) is 0.417. The van der Waals surface area contributed by atoms with E-state index in [2.05, 4.69) is 21.3 Å². The molecule has 1 aliphatic heterocycles. The Hall–Kier alpha value is -1.13. The lowest BCUT2D eigenvalue weighted by Crippen LogP contribution is -2.61. The summed E-state index contributed by atoms with van der Waals surface area (Å²) in [6.45, 7) is 3.42. The van der Waals surface area contributed by atoms with E-state index >= 15 is 0 Å². The van der Waals surface area contributed by atoms with E-state index in [1.807, 2.05) is 19.2 Å². The summed E-state index contributed by atoms with van der Waals surface area (Å²) in [7, 11) is 0. The van der Waals surface area contributed by atoms with Gasteiger partial charge >= 0.3 is 0 Å². The molecule has 0 radical (unpaired) electrons. The number of nitrogens with zero attached hydrogens (tertiary/aromatic N) is 2. The minimum atomic E-state index is -0.500. The first-order valence-corrected chi connectivity index (χ1v) is 6.39. The molecular weight excluding hydrogens is 220 g/mol. The SMILES string of the molecule is CCC1(O)CN(c2nccc3sccc23)C1. The van der Waals surface area contributed by atoms with Gasteiger partial charge in [0, 0.05) is 29.4 Å². The number of thiophene rings is 1. The van der Waals surface area contributed by atoms with E-state index in [4.69, 9.17) is 0 Å². The van der Waals surface area contributed by atoms with Crippen LogP contribution in [0.3, 0.4) is 0 Å². The average molecular weight is 234 g/mol. The molecule has 84 valence electrons. The van der Waals surface area contributed by atoms with Crippen LogP contribution in [0.5, 0.6) is 0 Å². The second-order valence-corrected chi connectivity index (χ2v) is 5.35. The largest absolute Gasteiger partial charge is 0.386 e. The highest BCUT2D eigenvalue weighted by molar-refractivity contribution is 7.17. The molecule has 0 saturated carbocycles. The molecule has 16 heavy (non-hydrogen) atoms. The lowest BCUT2D eigenvalue weighted by molar-refractivity contribution is 0.00824. The molecule has 1 saturated heterocycles. The van der Waals surface area contributed by atoms with Crippen LogP contribution >= 0.6 is 11.3 Å². The number of aliphatic hydroxyl groups is 1. The summed E-state index contributed by atoms with van der Waals surface area (Å²) in [5.74, 6) is 1.01. The summed E-state index contributed by atoms with van der Waals surface area (Å²) in [6, 6.07) is 4.14. The van der Waals surface area contributed by atoms with Gasteiger partial charge in [0.1, 0.15) is 5.82 Å². The summed E-state index contributed by atoms with van der Waals surface area (Å²) in [5, 5.41) is 13.3. The van der Waals surface area contributed by atoms with Crippen molar-refractivity contribution in [2.24, 2.45) is 0 Å². The predicted octanol–water partition coefficient (Wildman–Crippen LogP) is 2.26. The van der Waals surface area contributed by atoms with Gasteiger partial charge in [0.15, 0.2) is 0 Å². The molecule has 3 nitrogen and oxygen atoms in total. The molecule has 0 bridgehead atoms. The molecule has 0 aliphatic carbocycles. The summed E-state index contributed by atoms with van der Waals surface area (Å²) >= 11 is 1.73. The topological polar surface area (TPSA) is 36.4 Å². The highest BCUT2D eigenvalue weighted by Gasteiger charge is 2.40. The molecule has 0 atom stereocenters. The Balaban J connectivity index is 1.94. The molecule has 1 aliphatic rings. The summed E-state index contributed by atoms with van der Waals surface area (Å²) < 4.78 is 1.26. The van der Waals surface area contributed by atoms with Crippen molar-refractivity contribution in [1.82, 2.24) is 4.98 Å². The zero-order valence-electron chi connectivity index (χ0n) is 9.18. The molecule has 3 rings (SSSR count). The normalized spacial score (nSPS) is 18.8.